The number of nitrogens with zero attached hydrogens (tertiary/aromatic N) is 3. The Kier molecular flexibility index (Phi) is 4.33. The maximum absolute atomic E-state index is 11.6. The van der Waals surface area contributed by atoms with Crippen molar-refractivity contribution in [2.45, 2.75) is 6.61 Å². The van der Waals surface area contributed by atoms with E-state index in [-0.39, 0.29) is 6.61 Å². The summed E-state index contributed by atoms with van der Waals surface area (Å²) in [4.78, 5) is 22.9. The molecule has 0 saturated carbocycles. The van der Waals surface area contributed by atoms with E-state index in [4.69, 9.17) is 10.6 Å². The predicted octanol–water partition coefficient (Wildman–Crippen LogP) is 2.60. The van der Waals surface area contributed by atoms with Crippen LogP contribution in [0.1, 0.15) is 5.69 Å². The molecule has 1 aromatic heterocycles. The van der Waals surface area contributed by atoms with E-state index in [1.807, 2.05) is 54.6 Å². The standard InChI is InChI=1S/C17H14N4O3/c18-21-14(10-16(22)17(19-21)20-23)11-24-15-8-6-13(7-9-15)12-4-2-1-3-5-12/h1-10H,11,18H2. The normalized spacial score (nSPS) is 10.3. The van der Waals surface area contributed by atoms with E-state index in [9.17, 15) is 9.70 Å². The predicted molar refractivity (Wildman–Crippen MR) is 90.3 cm³/mol. The van der Waals surface area contributed by atoms with Crippen LogP contribution in [-0.2, 0) is 6.61 Å². The summed E-state index contributed by atoms with van der Waals surface area (Å²) in [5, 5.41) is 6.09. The Hall–Kier alpha value is -3.48. The van der Waals surface area contributed by atoms with Crippen LogP contribution in [0.3, 0.4) is 0 Å². The second kappa shape index (κ2) is 6.74. The molecule has 0 aliphatic carbocycles. The van der Waals surface area contributed by atoms with E-state index in [0.717, 1.165) is 15.9 Å². The summed E-state index contributed by atoms with van der Waals surface area (Å²) in [7, 11) is 0. The van der Waals surface area contributed by atoms with Gasteiger partial charge in [-0.1, -0.05) is 42.5 Å². The second-order valence-corrected chi connectivity index (χ2v) is 5.04. The van der Waals surface area contributed by atoms with Crippen molar-refractivity contribution in [3.8, 4) is 16.9 Å². The number of benzene rings is 2. The molecule has 0 amide bonds. The average molecular weight is 322 g/mol. The largest absolute Gasteiger partial charge is 0.487 e. The summed E-state index contributed by atoms with van der Waals surface area (Å²) in [6.45, 7) is 0.0442. The smallest absolute Gasteiger partial charge is 0.264 e. The van der Waals surface area contributed by atoms with E-state index in [0.29, 0.717) is 11.4 Å². The SMILES string of the molecule is Nn1nc(N=O)c(=O)cc1COc1ccc(-c2ccccc2)cc1. The van der Waals surface area contributed by atoms with Crippen molar-refractivity contribution in [2.75, 3.05) is 5.84 Å². The van der Waals surface area contributed by atoms with Crippen LogP contribution in [0.25, 0.3) is 11.1 Å². The van der Waals surface area contributed by atoms with Crippen LogP contribution in [0.4, 0.5) is 5.82 Å². The Morgan fingerprint density at radius 1 is 1.04 bits per heavy atom. The molecule has 0 aliphatic rings. The summed E-state index contributed by atoms with van der Waals surface area (Å²) >= 11 is 0. The van der Waals surface area contributed by atoms with Crippen molar-refractivity contribution in [1.29, 1.82) is 0 Å². The third kappa shape index (κ3) is 3.30. The topological polar surface area (TPSA) is 99.6 Å². The Balaban J connectivity index is 1.72. The minimum absolute atomic E-state index is 0.0442. The summed E-state index contributed by atoms with van der Waals surface area (Å²) in [5.74, 6) is 5.76. The molecule has 120 valence electrons. The number of nitrogens with two attached hydrogens (primary N) is 1. The van der Waals surface area contributed by atoms with Crippen LogP contribution in [0.2, 0.25) is 0 Å². The quantitative estimate of drug-likeness (QED) is 0.575. The van der Waals surface area contributed by atoms with Crippen molar-refractivity contribution in [2.24, 2.45) is 5.18 Å². The van der Waals surface area contributed by atoms with Gasteiger partial charge in [-0.05, 0) is 28.4 Å². The lowest BCUT2D eigenvalue weighted by Crippen LogP contribution is -2.23. The molecule has 3 rings (SSSR count). The number of nitrogen functional groups attached to an aromatic ring is 1. The average Bonchev–Trinajstić information content (AvgIpc) is 2.63. The van der Waals surface area contributed by atoms with Gasteiger partial charge >= 0.3 is 0 Å². The van der Waals surface area contributed by atoms with Crippen LogP contribution in [0, 0.1) is 4.91 Å². The summed E-state index contributed by atoms with van der Waals surface area (Å²) < 4.78 is 5.60. The van der Waals surface area contributed by atoms with Gasteiger partial charge in [0.2, 0.25) is 5.43 Å². The second-order valence-electron chi connectivity index (χ2n) is 5.04. The molecule has 0 radical (unpaired) electrons. The van der Waals surface area contributed by atoms with Crippen molar-refractivity contribution in [3.05, 3.63) is 81.5 Å². The number of nitroso groups, excluding NO2 is 1. The Morgan fingerprint density at radius 3 is 2.38 bits per heavy atom. The molecule has 3 aromatic rings. The first-order chi connectivity index (χ1) is 11.7. The van der Waals surface area contributed by atoms with Crippen molar-refractivity contribution < 1.29 is 4.74 Å². The molecule has 0 fully saturated rings. The molecule has 1 heterocycles. The molecule has 0 saturated heterocycles. The van der Waals surface area contributed by atoms with E-state index < -0.39 is 11.2 Å². The number of ether oxygens (including phenoxy) is 1. The first-order valence-electron chi connectivity index (χ1n) is 7.17. The Bertz CT molecular complexity index is 905. The van der Waals surface area contributed by atoms with Crippen LogP contribution in [0.15, 0.2) is 70.6 Å². The molecular weight excluding hydrogens is 308 g/mol. The van der Waals surface area contributed by atoms with Crippen molar-refractivity contribution >= 4 is 5.82 Å². The maximum atomic E-state index is 11.6. The summed E-state index contributed by atoms with van der Waals surface area (Å²) in [6.07, 6.45) is 0. The molecule has 0 atom stereocenters. The number of hydrogen-bond acceptors (Lipinski definition) is 6. The molecule has 7 heteroatoms. The molecule has 2 aromatic carbocycles. The highest BCUT2D eigenvalue weighted by atomic mass is 16.5. The van der Waals surface area contributed by atoms with Gasteiger partial charge in [-0.15, -0.1) is 10.0 Å². The minimum Gasteiger partial charge on any atom is -0.487 e. The lowest BCUT2D eigenvalue weighted by Gasteiger charge is -2.10. The van der Waals surface area contributed by atoms with E-state index >= 15 is 0 Å². The number of rotatable bonds is 5. The molecule has 24 heavy (non-hydrogen) atoms. The Labute approximate surface area is 137 Å². The fourth-order valence-electron chi connectivity index (χ4n) is 2.20. The zero-order chi connectivity index (χ0) is 16.9. The Morgan fingerprint density at radius 2 is 1.71 bits per heavy atom. The zero-order valence-corrected chi connectivity index (χ0v) is 12.6. The maximum Gasteiger partial charge on any atom is 0.264 e. The first kappa shape index (κ1) is 15.4. The molecule has 0 bridgehead atoms. The van der Waals surface area contributed by atoms with Gasteiger partial charge in [0, 0.05) is 6.07 Å². The highest BCUT2D eigenvalue weighted by Crippen LogP contribution is 2.22. The first-order valence-corrected chi connectivity index (χ1v) is 7.17. The van der Waals surface area contributed by atoms with Gasteiger partial charge in [-0.2, -0.15) is 4.79 Å². The molecule has 7 nitrogen and oxygen atoms in total. The highest BCUT2D eigenvalue weighted by molar-refractivity contribution is 5.63. The fourth-order valence-corrected chi connectivity index (χ4v) is 2.20. The van der Waals surface area contributed by atoms with Gasteiger partial charge in [0.15, 0.2) is 0 Å². The van der Waals surface area contributed by atoms with E-state index in [1.54, 1.807) is 0 Å². The van der Waals surface area contributed by atoms with Crippen LogP contribution in [-0.4, -0.2) is 9.89 Å². The third-order valence-corrected chi connectivity index (χ3v) is 3.45. The zero-order valence-electron chi connectivity index (χ0n) is 12.6. The van der Waals surface area contributed by atoms with Crippen LogP contribution >= 0.6 is 0 Å². The molecule has 0 aliphatic heterocycles. The van der Waals surface area contributed by atoms with E-state index in [2.05, 4.69) is 10.3 Å². The highest BCUT2D eigenvalue weighted by Gasteiger charge is 2.08. The fraction of sp³-hybridized carbons (Fsp3) is 0.0588. The lowest BCUT2D eigenvalue weighted by atomic mass is 10.1. The van der Waals surface area contributed by atoms with E-state index in [1.165, 1.54) is 6.07 Å². The molecule has 0 spiro atoms. The van der Waals surface area contributed by atoms with Crippen molar-refractivity contribution in [3.63, 3.8) is 0 Å². The summed E-state index contributed by atoms with van der Waals surface area (Å²) in [5.41, 5.74) is 1.92. The lowest BCUT2D eigenvalue weighted by molar-refractivity contribution is 0.294. The third-order valence-electron chi connectivity index (χ3n) is 3.45. The molecular formula is C17H14N4O3. The van der Waals surface area contributed by atoms with Gasteiger partial charge in [0.25, 0.3) is 5.82 Å². The monoisotopic (exact) mass is 322 g/mol. The van der Waals surface area contributed by atoms with Crippen LogP contribution in [0.5, 0.6) is 5.75 Å². The van der Waals surface area contributed by atoms with Crippen molar-refractivity contribution in [1.82, 2.24) is 9.89 Å². The molecule has 0 unspecified atom stereocenters. The van der Waals surface area contributed by atoms with Gasteiger partial charge in [-0.25, -0.2) is 0 Å². The van der Waals surface area contributed by atoms with Gasteiger partial charge in [0.05, 0.1) is 0 Å². The minimum atomic E-state index is -0.593. The van der Waals surface area contributed by atoms with Gasteiger partial charge in [0.1, 0.15) is 18.1 Å². The van der Waals surface area contributed by atoms with Gasteiger partial charge < -0.3 is 10.6 Å². The van der Waals surface area contributed by atoms with Gasteiger partial charge in [-0.3, -0.25) is 4.79 Å². The van der Waals surface area contributed by atoms with Crippen LogP contribution < -0.4 is 16.0 Å². The number of aromatic nitrogens is 2. The number of hydrogen-bond donors (Lipinski definition) is 1. The molecule has 2 N–H and O–H groups in total. The summed E-state index contributed by atoms with van der Waals surface area (Å²) in [6, 6.07) is 18.7.